The van der Waals surface area contributed by atoms with E-state index in [4.69, 9.17) is 14.2 Å². The fraction of sp³-hybridized carbons (Fsp3) is 0.227. The molecule has 0 aliphatic carbocycles. The molecule has 0 fully saturated rings. The second-order valence-corrected chi connectivity index (χ2v) is 7.61. The normalized spacial score (nSPS) is 10.8. The first kappa shape index (κ1) is 23.7. The minimum Gasteiger partial charge on any atom is -0.490 e. The average molecular weight is 471 g/mol. The van der Waals surface area contributed by atoms with Gasteiger partial charge in [0, 0.05) is 22.2 Å². The van der Waals surface area contributed by atoms with E-state index in [1.807, 2.05) is 6.92 Å². The van der Waals surface area contributed by atoms with Crippen LogP contribution >= 0.6 is 11.3 Å². The lowest BCUT2D eigenvalue weighted by Gasteiger charge is -2.12. The number of ether oxygens (including phenoxy) is 3. The molecular formula is C22H21N3O7S. The molecule has 1 heterocycles. The second-order valence-electron chi connectivity index (χ2n) is 6.52. The van der Waals surface area contributed by atoms with Gasteiger partial charge in [-0.2, -0.15) is 5.10 Å². The molecule has 1 aromatic heterocycles. The average Bonchev–Trinajstić information content (AvgIpc) is 3.22. The van der Waals surface area contributed by atoms with Crippen molar-refractivity contribution in [2.45, 2.75) is 13.8 Å². The first-order chi connectivity index (χ1) is 15.9. The highest BCUT2D eigenvalue weighted by atomic mass is 32.1. The molecule has 11 heteroatoms. The molecule has 10 nitrogen and oxygen atoms in total. The van der Waals surface area contributed by atoms with Gasteiger partial charge in [-0.05, 0) is 49.7 Å². The van der Waals surface area contributed by atoms with Crippen LogP contribution in [-0.2, 0) is 9.53 Å². The third-order valence-corrected chi connectivity index (χ3v) is 5.35. The minimum atomic E-state index is -0.482. The lowest BCUT2D eigenvalue weighted by atomic mass is 10.2. The zero-order valence-corrected chi connectivity index (χ0v) is 18.7. The predicted molar refractivity (Wildman–Crippen MR) is 123 cm³/mol. The van der Waals surface area contributed by atoms with Crippen molar-refractivity contribution in [3.63, 3.8) is 0 Å². The van der Waals surface area contributed by atoms with Crippen molar-refractivity contribution in [2.75, 3.05) is 19.8 Å². The number of nitro benzene ring substituents is 1. The zero-order valence-electron chi connectivity index (χ0n) is 17.9. The first-order valence-corrected chi connectivity index (χ1v) is 10.8. The molecular weight excluding hydrogens is 450 g/mol. The van der Waals surface area contributed by atoms with Gasteiger partial charge < -0.3 is 14.2 Å². The topological polar surface area (TPSA) is 129 Å². The molecule has 0 atom stereocenters. The number of nitro groups is 1. The van der Waals surface area contributed by atoms with Crippen molar-refractivity contribution in [1.82, 2.24) is 5.43 Å². The molecule has 33 heavy (non-hydrogen) atoms. The number of hydrazone groups is 1. The zero-order chi connectivity index (χ0) is 23.8. The summed E-state index contributed by atoms with van der Waals surface area (Å²) in [6.45, 7) is 3.94. The summed E-state index contributed by atoms with van der Waals surface area (Å²) in [4.78, 5) is 34.7. The molecule has 2 aromatic carbocycles. The Balaban J connectivity index is 1.66. The third-order valence-electron chi connectivity index (χ3n) is 4.23. The molecule has 0 aliphatic heterocycles. The van der Waals surface area contributed by atoms with Crippen molar-refractivity contribution in [3.05, 3.63) is 63.0 Å². The molecule has 0 aliphatic rings. The van der Waals surface area contributed by atoms with Gasteiger partial charge in [0.1, 0.15) is 0 Å². The van der Waals surface area contributed by atoms with Crippen LogP contribution in [0.3, 0.4) is 0 Å². The number of benzene rings is 2. The summed E-state index contributed by atoms with van der Waals surface area (Å²) in [7, 11) is 0. The number of nitrogens with zero attached hydrogens (tertiary/aromatic N) is 2. The Morgan fingerprint density at radius 2 is 1.91 bits per heavy atom. The maximum Gasteiger partial charge on any atom is 0.344 e. The van der Waals surface area contributed by atoms with E-state index in [0.29, 0.717) is 33.9 Å². The number of hydrogen-bond acceptors (Lipinski definition) is 9. The van der Waals surface area contributed by atoms with E-state index in [9.17, 15) is 19.7 Å². The van der Waals surface area contributed by atoms with Crippen molar-refractivity contribution < 1.29 is 28.7 Å². The molecule has 1 N–H and O–H groups in total. The third kappa shape index (κ3) is 6.26. The molecule has 0 saturated heterocycles. The van der Waals surface area contributed by atoms with Gasteiger partial charge in [0.05, 0.1) is 29.2 Å². The number of esters is 1. The molecule has 0 spiro atoms. The van der Waals surface area contributed by atoms with E-state index >= 15 is 0 Å². The number of amides is 1. The Bertz CT molecular complexity index is 1210. The van der Waals surface area contributed by atoms with Crippen LogP contribution in [0.4, 0.5) is 5.69 Å². The summed E-state index contributed by atoms with van der Waals surface area (Å²) >= 11 is 1.21. The fourth-order valence-electron chi connectivity index (χ4n) is 2.81. The van der Waals surface area contributed by atoms with Crippen LogP contribution in [0, 0.1) is 10.1 Å². The number of nitrogens with one attached hydrogen (secondary N) is 1. The lowest BCUT2D eigenvalue weighted by molar-refractivity contribution is -0.384. The van der Waals surface area contributed by atoms with Gasteiger partial charge in [0.15, 0.2) is 18.1 Å². The summed E-state index contributed by atoms with van der Waals surface area (Å²) < 4.78 is 16.6. The van der Waals surface area contributed by atoms with Crippen molar-refractivity contribution in [1.29, 1.82) is 0 Å². The van der Waals surface area contributed by atoms with Gasteiger partial charge in [0.25, 0.3) is 11.6 Å². The van der Waals surface area contributed by atoms with Gasteiger partial charge in [-0.3, -0.25) is 14.9 Å². The van der Waals surface area contributed by atoms with Gasteiger partial charge >= 0.3 is 5.97 Å². The molecule has 172 valence electrons. The summed E-state index contributed by atoms with van der Waals surface area (Å²) in [5.41, 5.74) is 3.04. The molecule has 0 radical (unpaired) electrons. The molecule has 3 rings (SSSR count). The Hall–Kier alpha value is -3.99. The van der Waals surface area contributed by atoms with Crippen molar-refractivity contribution in [2.24, 2.45) is 5.10 Å². The van der Waals surface area contributed by atoms with Crippen LogP contribution in [0.25, 0.3) is 10.1 Å². The molecule has 0 unspecified atom stereocenters. The van der Waals surface area contributed by atoms with E-state index in [0.717, 1.165) is 4.70 Å². The number of non-ortho nitro benzene ring substituents is 1. The Morgan fingerprint density at radius 1 is 1.09 bits per heavy atom. The highest BCUT2D eigenvalue weighted by molar-refractivity contribution is 7.20. The SMILES string of the molecule is CCOC(=O)COc1ccc(/C=N\NC(=O)c2cc3cc([N+](=O)[O-])ccc3s2)cc1OCC. The Labute approximate surface area is 192 Å². The molecule has 1 amide bonds. The molecule has 0 saturated carbocycles. The Kier molecular flexibility index (Phi) is 7.92. The number of fused-ring (bicyclic) bond motifs is 1. The van der Waals surface area contributed by atoms with Gasteiger partial charge in [-0.25, -0.2) is 10.2 Å². The van der Waals surface area contributed by atoms with E-state index < -0.39 is 16.8 Å². The summed E-state index contributed by atoms with van der Waals surface area (Å²) in [6, 6.07) is 11.0. The van der Waals surface area contributed by atoms with Crippen LogP contribution in [0.5, 0.6) is 11.5 Å². The maximum atomic E-state index is 12.4. The summed E-state index contributed by atoms with van der Waals surface area (Å²) in [6.07, 6.45) is 1.44. The number of carbonyl (C=O) groups is 2. The molecule has 3 aromatic rings. The van der Waals surface area contributed by atoms with Gasteiger partial charge in [-0.15, -0.1) is 11.3 Å². The highest BCUT2D eigenvalue weighted by Crippen LogP contribution is 2.29. The largest absolute Gasteiger partial charge is 0.490 e. The van der Waals surface area contributed by atoms with E-state index in [1.54, 1.807) is 37.3 Å². The standard InChI is InChI=1S/C22H21N3O7S/c1-3-30-18-9-14(5-7-17(18)32-13-21(26)31-4-2)12-23-24-22(27)20-11-15-10-16(25(28)29)6-8-19(15)33-20/h5-12H,3-4,13H2,1-2H3,(H,24,27)/b23-12-. The van der Waals surface area contributed by atoms with Crippen molar-refractivity contribution in [3.8, 4) is 11.5 Å². The minimum absolute atomic E-state index is 0.0370. The van der Waals surface area contributed by atoms with E-state index in [-0.39, 0.29) is 18.9 Å². The monoisotopic (exact) mass is 471 g/mol. The van der Waals surface area contributed by atoms with E-state index in [1.165, 1.54) is 29.7 Å². The predicted octanol–water partition coefficient (Wildman–Crippen LogP) is 3.91. The van der Waals surface area contributed by atoms with E-state index in [2.05, 4.69) is 10.5 Å². The highest BCUT2D eigenvalue weighted by Gasteiger charge is 2.13. The lowest BCUT2D eigenvalue weighted by Crippen LogP contribution is -2.16. The quantitative estimate of drug-likeness (QED) is 0.205. The smallest absolute Gasteiger partial charge is 0.344 e. The maximum absolute atomic E-state index is 12.4. The second kappa shape index (κ2) is 11.0. The fourth-order valence-corrected chi connectivity index (χ4v) is 3.74. The number of rotatable bonds is 10. The number of carbonyl (C=O) groups excluding carboxylic acids is 2. The van der Waals surface area contributed by atoms with Crippen LogP contribution in [0.1, 0.15) is 29.1 Å². The van der Waals surface area contributed by atoms with Crippen LogP contribution in [0.15, 0.2) is 47.6 Å². The van der Waals surface area contributed by atoms with Crippen LogP contribution in [0.2, 0.25) is 0 Å². The number of thiophene rings is 1. The first-order valence-electron chi connectivity index (χ1n) is 9.98. The Morgan fingerprint density at radius 3 is 2.64 bits per heavy atom. The van der Waals surface area contributed by atoms with Crippen molar-refractivity contribution >= 4 is 45.2 Å². The van der Waals surface area contributed by atoms with Crippen LogP contribution in [-0.4, -0.2) is 42.8 Å². The summed E-state index contributed by atoms with van der Waals surface area (Å²) in [5.74, 6) is -0.118. The summed E-state index contributed by atoms with van der Waals surface area (Å²) in [5, 5.41) is 15.5. The van der Waals surface area contributed by atoms with Gasteiger partial charge in [-0.1, -0.05) is 0 Å². The number of hydrogen-bond donors (Lipinski definition) is 1. The van der Waals surface area contributed by atoms with Crippen LogP contribution < -0.4 is 14.9 Å². The van der Waals surface area contributed by atoms with Gasteiger partial charge in [0.2, 0.25) is 0 Å². The molecule has 0 bridgehead atoms.